The molecule has 0 fully saturated rings. The molecule has 0 aliphatic carbocycles. The number of sulfone groups is 1. The fourth-order valence-corrected chi connectivity index (χ4v) is 2.50. The number of alkyl halides is 1. The van der Waals surface area contributed by atoms with Gasteiger partial charge in [0.2, 0.25) is 15.3 Å². The van der Waals surface area contributed by atoms with Crippen LogP contribution in [0.5, 0.6) is 5.75 Å². The number of nitrogens with two attached hydrogens (primary N) is 1. The Labute approximate surface area is 94.1 Å². The Morgan fingerprint density at radius 2 is 2.19 bits per heavy atom. The molecule has 0 amide bonds. The van der Waals surface area contributed by atoms with Gasteiger partial charge in [0.25, 0.3) is 0 Å². The van der Waals surface area contributed by atoms with Gasteiger partial charge in [0.15, 0.2) is 0 Å². The zero-order valence-corrected chi connectivity index (χ0v) is 9.71. The van der Waals surface area contributed by atoms with E-state index in [9.17, 15) is 12.8 Å². The van der Waals surface area contributed by atoms with Gasteiger partial charge in [-0.3, -0.25) is 0 Å². The third-order valence-corrected chi connectivity index (χ3v) is 3.92. The minimum atomic E-state index is -3.96. The van der Waals surface area contributed by atoms with Crippen LogP contribution in [0.2, 0.25) is 0 Å². The molecular formula is C10H14FNO3S. The average Bonchev–Trinajstić information content (AvgIpc) is 2.29. The van der Waals surface area contributed by atoms with E-state index in [-0.39, 0.29) is 17.9 Å². The lowest BCUT2D eigenvalue weighted by Crippen LogP contribution is -2.20. The average molecular weight is 247 g/mol. The Hall–Kier alpha value is -1.14. The van der Waals surface area contributed by atoms with Crippen molar-refractivity contribution in [3.63, 3.8) is 0 Å². The lowest BCUT2D eigenvalue weighted by atomic mass is 10.3. The molecule has 0 radical (unpaired) electrons. The summed E-state index contributed by atoms with van der Waals surface area (Å²) in [5, 5.41) is 0. The van der Waals surface area contributed by atoms with Crippen LogP contribution in [-0.4, -0.2) is 27.6 Å². The lowest BCUT2D eigenvalue weighted by Gasteiger charge is -2.09. The molecule has 0 aliphatic heterocycles. The third-order valence-electron chi connectivity index (χ3n) is 2.10. The van der Waals surface area contributed by atoms with Crippen molar-refractivity contribution in [2.45, 2.75) is 16.8 Å². The van der Waals surface area contributed by atoms with Gasteiger partial charge in [-0.1, -0.05) is 6.07 Å². The van der Waals surface area contributed by atoms with Crippen molar-refractivity contribution in [3.8, 4) is 5.75 Å². The summed E-state index contributed by atoms with van der Waals surface area (Å²) in [7, 11) is -2.55. The monoisotopic (exact) mass is 247 g/mol. The number of benzene rings is 1. The quantitative estimate of drug-likeness (QED) is 0.846. The van der Waals surface area contributed by atoms with Crippen LogP contribution in [0.25, 0.3) is 0 Å². The summed E-state index contributed by atoms with van der Waals surface area (Å²) >= 11 is 0. The summed E-state index contributed by atoms with van der Waals surface area (Å²) in [5.74, 6) is 0.376. The molecule has 0 heterocycles. The van der Waals surface area contributed by atoms with E-state index in [0.29, 0.717) is 5.75 Å². The van der Waals surface area contributed by atoms with E-state index in [2.05, 4.69) is 0 Å². The van der Waals surface area contributed by atoms with Gasteiger partial charge in [-0.2, -0.15) is 0 Å². The molecule has 2 N–H and O–H groups in total. The molecule has 0 aliphatic rings. The number of halogens is 1. The molecule has 0 bridgehead atoms. The van der Waals surface area contributed by atoms with Gasteiger partial charge in [0.1, 0.15) is 5.75 Å². The molecular weight excluding hydrogens is 233 g/mol. The highest BCUT2D eigenvalue weighted by atomic mass is 32.2. The van der Waals surface area contributed by atoms with Crippen molar-refractivity contribution in [2.24, 2.45) is 5.73 Å². The number of methoxy groups -OCH3 is 1. The van der Waals surface area contributed by atoms with Crippen LogP contribution in [0.15, 0.2) is 29.2 Å². The Morgan fingerprint density at radius 1 is 1.50 bits per heavy atom. The first-order chi connectivity index (χ1) is 7.52. The Morgan fingerprint density at radius 3 is 2.75 bits per heavy atom. The molecule has 0 saturated heterocycles. The first-order valence-corrected chi connectivity index (χ1v) is 6.29. The first kappa shape index (κ1) is 12.9. The molecule has 4 nitrogen and oxygen atoms in total. The highest BCUT2D eigenvalue weighted by Crippen LogP contribution is 2.22. The number of hydrogen-bond acceptors (Lipinski definition) is 4. The Kier molecular flexibility index (Phi) is 4.26. The minimum absolute atomic E-state index is 0.00956. The van der Waals surface area contributed by atoms with Gasteiger partial charge in [0.05, 0.1) is 12.0 Å². The predicted molar refractivity (Wildman–Crippen MR) is 58.7 cm³/mol. The fourth-order valence-electron chi connectivity index (χ4n) is 1.21. The van der Waals surface area contributed by atoms with E-state index in [4.69, 9.17) is 10.5 Å². The summed E-state index contributed by atoms with van der Waals surface area (Å²) in [6.07, 6.45) is -0.209. The van der Waals surface area contributed by atoms with Crippen molar-refractivity contribution in [3.05, 3.63) is 24.3 Å². The van der Waals surface area contributed by atoms with Crippen LogP contribution in [0, 0.1) is 0 Å². The van der Waals surface area contributed by atoms with Crippen LogP contribution in [0.1, 0.15) is 6.42 Å². The second-order valence-electron chi connectivity index (χ2n) is 3.21. The SMILES string of the molecule is COc1cccc(S(=O)(=O)C(F)CCN)c1. The topological polar surface area (TPSA) is 69.4 Å². The van der Waals surface area contributed by atoms with Crippen LogP contribution in [0.3, 0.4) is 0 Å². The Bertz CT molecular complexity index is 447. The molecule has 1 unspecified atom stereocenters. The molecule has 1 aromatic rings. The second-order valence-corrected chi connectivity index (χ2v) is 5.28. The third kappa shape index (κ3) is 2.70. The van der Waals surface area contributed by atoms with E-state index >= 15 is 0 Å². The number of ether oxygens (including phenoxy) is 1. The van der Waals surface area contributed by atoms with E-state index in [0.717, 1.165) is 0 Å². The maximum Gasteiger partial charge on any atom is 0.210 e. The van der Waals surface area contributed by atoms with Gasteiger partial charge >= 0.3 is 0 Å². The minimum Gasteiger partial charge on any atom is -0.497 e. The van der Waals surface area contributed by atoms with E-state index < -0.39 is 15.3 Å². The highest BCUT2D eigenvalue weighted by Gasteiger charge is 2.26. The maximum absolute atomic E-state index is 13.4. The predicted octanol–water partition coefficient (Wildman–Crippen LogP) is 1.11. The smallest absolute Gasteiger partial charge is 0.210 e. The van der Waals surface area contributed by atoms with Gasteiger partial charge < -0.3 is 10.5 Å². The summed E-state index contributed by atoms with van der Waals surface area (Å²) in [5.41, 5.74) is 3.16. The molecule has 90 valence electrons. The summed E-state index contributed by atoms with van der Waals surface area (Å²) in [4.78, 5) is -0.0900. The van der Waals surface area contributed by atoms with Gasteiger partial charge in [-0.05, 0) is 24.7 Å². The molecule has 1 rings (SSSR count). The van der Waals surface area contributed by atoms with Crippen LogP contribution < -0.4 is 10.5 Å². The molecule has 1 aromatic carbocycles. The van der Waals surface area contributed by atoms with Crippen molar-refractivity contribution in [1.29, 1.82) is 0 Å². The van der Waals surface area contributed by atoms with E-state index in [1.807, 2.05) is 0 Å². The molecule has 16 heavy (non-hydrogen) atoms. The lowest BCUT2D eigenvalue weighted by molar-refractivity contribution is 0.400. The van der Waals surface area contributed by atoms with Gasteiger partial charge in [-0.15, -0.1) is 0 Å². The normalized spacial score (nSPS) is 13.4. The molecule has 6 heteroatoms. The molecule has 0 saturated carbocycles. The first-order valence-electron chi connectivity index (χ1n) is 4.74. The summed E-state index contributed by atoms with van der Waals surface area (Å²) in [6.45, 7) is -0.00956. The van der Waals surface area contributed by atoms with Crippen molar-refractivity contribution < 1.29 is 17.5 Å². The largest absolute Gasteiger partial charge is 0.497 e. The fraction of sp³-hybridized carbons (Fsp3) is 0.400. The van der Waals surface area contributed by atoms with Crippen LogP contribution in [-0.2, 0) is 9.84 Å². The standard InChI is InChI=1S/C10H14FNO3S/c1-15-8-3-2-4-9(7-8)16(13,14)10(11)5-6-12/h2-4,7,10H,5-6,12H2,1H3. The van der Waals surface area contributed by atoms with Crippen molar-refractivity contribution in [2.75, 3.05) is 13.7 Å². The highest BCUT2D eigenvalue weighted by molar-refractivity contribution is 7.91. The van der Waals surface area contributed by atoms with Crippen LogP contribution >= 0.6 is 0 Å². The number of hydrogen-bond donors (Lipinski definition) is 1. The van der Waals surface area contributed by atoms with Gasteiger partial charge in [-0.25, -0.2) is 12.8 Å². The number of rotatable bonds is 5. The maximum atomic E-state index is 13.4. The second kappa shape index (κ2) is 5.27. The Balaban J connectivity index is 3.06. The zero-order chi connectivity index (χ0) is 12.2. The van der Waals surface area contributed by atoms with Gasteiger partial charge in [0, 0.05) is 6.42 Å². The molecule has 1 atom stereocenters. The summed E-state index contributed by atoms with van der Waals surface area (Å²) in [6, 6.07) is 5.72. The summed E-state index contributed by atoms with van der Waals surface area (Å²) < 4.78 is 41.7. The molecule has 0 aromatic heterocycles. The van der Waals surface area contributed by atoms with E-state index in [1.54, 1.807) is 6.07 Å². The molecule has 0 spiro atoms. The van der Waals surface area contributed by atoms with Crippen molar-refractivity contribution >= 4 is 9.84 Å². The van der Waals surface area contributed by atoms with E-state index in [1.165, 1.54) is 25.3 Å². The van der Waals surface area contributed by atoms with Crippen molar-refractivity contribution in [1.82, 2.24) is 0 Å². The van der Waals surface area contributed by atoms with Crippen LogP contribution in [0.4, 0.5) is 4.39 Å². The zero-order valence-electron chi connectivity index (χ0n) is 8.89.